The first kappa shape index (κ1) is 17.5. The average Bonchev–Trinajstić information content (AvgIpc) is 3.09. The van der Waals surface area contributed by atoms with Crippen LogP contribution in [-0.4, -0.2) is 63.3 Å². The molecule has 3 heterocycles. The third kappa shape index (κ3) is 4.03. The molecule has 0 fully saturated rings. The quantitative estimate of drug-likeness (QED) is 0.648. The fourth-order valence-electron chi connectivity index (χ4n) is 2.35. The van der Waals surface area contributed by atoms with Crippen molar-refractivity contribution in [2.24, 2.45) is 0 Å². The van der Waals surface area contributed by atoms with Crippen LogP contribution in [0, 0.1) is 0 Å². The van der Waals surface area contributed by atoms with E-state index in [2.05, 4.69) is 36.1 Å². The monoisotopic (exact) mass is 355 g/mol. The number of pyridine rings is 1. The van der Waals surface area contributed by atoms with Crippen molar-refractivity contribution < 1.29 is 4.74 Å². The number of anilines is 3. The summed E-state index contributed by atoms with van der Waals surface area (Å²) in [5.41, 5.74) is 2.43. The van der Waals surface area contributed by atoms with Gasteiger partial charge in [0.2, 0.25) is 0 Å². The molecular weight excluding hydrogens is 334 g/mol. The van der Waals surface area contributed by atoms with Crippen LogP contribution in [0.2, 0.25) is 0 Å². The van der Waals surface area contributed by atoms with Gasteiger partial charge in [-0.2, -0.15) is 5.10 Å². The van der Waals surface area contributed by atoms with Gasteiger partial charge in [-0.1, -0.05) is 5.21 Å². The summed E-state index contributed by atoms with van der Waals surface area (Å²) in [6.07, 6.45) is 5.13. The number of methoxy groups -OCH3 is 1. The van der Waals surface area contributed by atoms with E-state index >= 15 is 0 Å². The van der Waals surface area contributed by atoms with Gasteiger partial charge in [0.25, 0.3) is 0 Å². The molecule has 0 amide bonds. The van der Waals surface area contributed by atoms with Crippen LogP contribution in [0.4, 0.5) is 17.3 Å². The molecule has 26 heavy (non-hydrogen) atoms. The Morgan fingerprint density at radius 3 is 2.73 bits per heavy atom. The topological polar surface area (TPSA) is 106 Å². The SMILES string of the molecule is CNc1cnnc(Nc2cc(-n3cc(CN(C)C)nn3)c(OC)cn2)c1. The average molecular weight is 355 g/mol. The summed E-state index contributed by atoms with van der Waals surface area (Å²) >= 11 is 0. The number of rotatable bonds is 7. The molecule has 0 aromatic carbocycles. The fraction of sp³-hybridized carbons (Fsp3) is 0.312. The van der Waals surface area contributed by atoms with Crippen LogP contribution in [0.15, 0.2) is 30.7 Å². The molecule has 0 aliphatic heterocycles. The predicted octanol–water partition coefficient (Wildman–Crippen LogP) is 1.31. The lowest BCUT2D eigenvalue weighted by atomic mass is 10.3. The van der Waals surface area contributed by atoms with E-state index in [0.717, 1.165) is 17.1 Å². The Bertz CT molecular complexity index is 878. The van der Waals surface area contributed by atoms with Gasteiger partial charge in [0.1, 0.15) is 11.5 Å². The van der Waals surface area contributed by atoms with Gasteiger partial charge in [0.15, 0.2) is 11.6 Å². The minimum Gasteiger partial charge on any atom is -0.493 e. The van der Waals surface area contributed by atoms with Gasteiger partial charge in [-0.15, -0.1) is 10.2 Å². The summed E-state index contributed by atoms with van der Waals surface area (Å²) in [5, 5.41) is 22.5. The van der Waals surface area contributed by atoms with Crippen molar-refractivity contribution >= 4 is 17.3 Å². The summed E-state index contributed by atoms with van der Waals surface area (Å²) in [4.78, 5) is 6.37. The van der Waals surface area contributed by atoms with E-state index < -0.39 is 0 Å². The van der Waals surface area contributed by atoms with Crippen molar-refractivity contribution in [1.29, 1.82) is 0 Å². The maximum absolute atomic E-state index is 5.40. The third-order valence-electron chi connectivity index (χ3n) is 3.53. The molecule has 2 N–H and O–H groups in total. The van der Waals surface area contributed by atoms with Crippen LogP contribution in [0.25, 0.3) is 5.69 Å². The van der Waals surface area contributed by atoms with Crippen LogP contribution < -0.4 is 15.4 Å². The summed E-state index contributed by atoms with van der Waals surface area (Å²) in [5.74, 6) is 1.76. The van der Waals surface area contributed by atoms with E-state index in [0.29, 0.717) is 23.9 Å². The lowest BCUT2D eigenvalue weighted by Gasteiger charge is -2.11. The first-order valence-electron chi connectivity index (χ1n) is 7.97. The molecule has 0 saturated carbocycles. The molecule has 0 radical (unpaired) electrons. The van der Waals surface area contributed by atoms with Gasteiger partial charge in [0.05, 0.1) is 37.1 Å². The highest BCUT2D eigenvalue weighted by atomic mass is 16.5. The Hall–Kier alpha value is -3.27. The molecule has 0 atom stereocenters. The van der Waals surface area contributed by atoms with Crippen LogP contribution in [0.1, 0.15) is 5.69 Å². The van der Waals surface area contributed by atoms with Crippen LogP contribution in [-0.2, 0) is 6.54 Å². The number of nitrogens with one attached hydrogen (secondary N) is 2. The number of aromatic nitrogens is 6. The molecule has 136 valence electrons. The van der Waals surface area contributed by atoms with Crippen molar-refractivity contribution in [2.75, 3.05) is 38.9 Å². The molecule has 10 heteroatoms. The van der Waals surface area contributed by atoms with E-state index in [9.17, 15) is 0 Å². The van der Waals surface area contributed by atoms with Crippen molar-refractivity contribution in [1.82, 2.24) is 35.1 Å². The minimum atomic E-state index is 0.576. The largest absolute Gasteiger partial charge is 0.493 e. The van der Waals surface area contributed by atoms with E-state index in [4.69, 9.17) is 4.74 Å². The number of ether oxygens (including phenoxy) is 1. The van der Waals surface area contributed by atoms with Crippen molar-refractivity contribution in [3.63, 3.8) is 0 Å². The van der Waals surface area contributed by atoms with Gasteiger partial charge in [0, 0.05) is 25.7 Å². The van der Waals surface area contributed by atoms with Crippen molar-refractivity contribution in [2.45, 2.75) is 6.54 Å². The Labute approximate surface area is 151 Å². The molecule has 3 rings (SSSR count). The first-order valence-corrected chi connectivity index (χ1v) is 7.97. The molecule has 3 aromatic heterocycles. The summed E-state index contributed by atoms with van der Waals surface area (Å²) < 4.78 is 7.07. The number of hydrogen-bond donors (Lipinski definition) is 2. The van der Waals surface area contributed by atoms with Crippen LogP contribution in [0.3, 0.4) is 0 Å². The maximum atomic E-state index is 5.40. The highest BCUT2D eigenvalue weighted by molar-refractivity contribution is 5.61. The second-order valence-corrected chi connectivity index (χ2v) is 5.84. The Morgan fingerprint density at radius 2 is 2.00 bits per heavy atom. The zero-order chi connectivity index (χ0) is 18.5. The molecule has 0 spiro atoms. The van der Waals surface area contributed by atoms with Crippen LogP contribution >= 0.6 is 0 Å². The number of hydrogen-bond acceptors (Lipinski definition) is 9. The Kier molecular flexibility index (Phi) is 5.23. The maximum Gasteiger partial charge on any atom is 0.163 e. The Balaban J connectivity index is 1.89. The zero-order valence-electron chi connectivity index (χ0n) is 15.1. The molecule has 0 unspecified atom stereocenters. The van der Waals surface area contributed by atoms with E-state index in [-0.39, 0.29) is 0 Å². The minimum absolute atomic E-state index is 0.576. The van der Waals surface area contributed by atoms with E-state index in [1.54, 1.807) is 24.2 Å². The van der Waals surface area contributed by atoms with E-state index in [1.165, 1.54) is 0 Å². The second kappa shape index (κ2) is 7.74. The molecule has 3 aromatic rings. The predicted molar refractivity (Wildman–Crippen MR) is 98.0 cm³/mol. The fourth-order valence-corrected chi connectivity index (χ4v) is 2.35. The highest BCUT2D eigenvalue weighted by Gasteiger charge is 2.12. The summed E-state index contributed by atoms with van der Waals surface area (Å²) in [6.45, 7) is 0.699. The highest BCUT2D eigenvalue weighted by Crippen LogP contribution is 2.25. The molecular formula is C16H21N9O. The van der Waals surface area contributed by atoms with Gasteiger partial charge in [-0.3, -0.25) is 0 Å². The summed E-state index contributed by atoms with van der Waals surface area (Å²) in [7, 11) is 7.37. The Morgan fingerprint density at radius 1 is 1.15 bits per heavy atom. The van der Waals surface area contributed by atoms with Crippen molar-refractivity contribution in [3.05, 3.63) is 36.4 Å². The van der Waals surface area contributed by atoms with Gasteiger partial charge >= 0.3 is 0 Å². The zero-order valence-corrected chi connectivity index (χ0v) is 15.1. The third-order valence-corrected chi connectivity index (χ3v) is 3.53. The van der Waals surface area contributed by atoms with Crippen LogP contribution in [0.5, 0.6) is 5.75 Å². The molecule has 0 aliphatic carbocycles. The lowest BCUT2D eigenvalue weighted by molar-refractivity contribution is 0.396. The summed E-state index contributed by atoms with van der Waals surface area (Å²) in [6, 6.07) is 3.66. The molecule has 0 saturated heterocycles. The number of nitrogens with zero attached hydrogens (tertiary/aromatic N) is 7. The van der Waals surface area contributed by atoms with Gasteiger partial charge in [-0.05, 0) is 14.1 Å². The lowest BCUT2D eigenvalue weighted by Crippen LogP contribution is -2.10. The van der Waals surface area contributed by atoms with Crippen molar-refractivity contribution in [3.8, 4) is 11.4 Å². The molecule has 0 bridgehead atoms. The standard InChI is InChI=1S/C16H21N9O/c1-17-11-5-16(22-19-7-11)20-15-6-13(14(26-4)8-18-15)25-10-12(21-23-25)9-24(2)3/h5-8,10H,9H2,1-4H3,(H2,17,18,20,22). The normalized spacial score (nSPS) is 10.8. The van der Waals surface area contributed by atoms with Gasteiger partial charge in [-0.25, -0.2) is 9.67 Å². The van der Waals surface area contributed by atoms with E-state index in [1.807, 2.05) is 44.4 Å². The van der Waals surface area contributed by atoms with Gasteiger partial charge < -0.3 is 20.3 Å². The second-order valence-electron chi connectivity index (χ2n) is 5.84. The molecule has 0 aliphatic rings. The molecule has 10 nitrogen and oxygen atoms in total. The first-order chi connectivity index (χ1) is 12.6. The smallest absolute Gasteiger partial charge is 0.163 e.